The second-order valence-electron chi connectivity index (χ2n) is 9.09. The fourth-order valence-electron chi connectivity index (χ4n) is 4.54. The van der Waals surface area contributed by atoms with Gasteiger partial charge in [-0.05, 0) is 49.2 Å². The van der Waals surface area contributed by atoms with Gasteiger partial charge in [-0.15, -0.1) is 0 Å². The molecule has 0 bridgehead atoms. The third-order valence-electron chi connectivity index (χ3n) is 6.53. The highest BCUT2D eigenvalue weighted by molar-refractivity contribution is 6.12. The van der Waals surface area contributed by atoms with Crippen LogP contribution < -0.4 is 10.9 Å². The predicted molar refractivity (Wildman–Crippen MR) is 147 cm³/mol. The minimum Gasteiger partial charge on any atom is -0.416 e. The van der Waals surface area contributed by atoms with Gasteiger partial charge < -0.3 is 14.7 Å². The van der Waals surface area contributed by atoms with Crippen LogP contribution >= 0.6 is 0 Å². The van der Waals surface area contributed by atoms with Crippen molar-refractivity contribution in [2.45, 2.75) is 13.8 Å². The van der Waals surface area contributed by atoms with Crippen LogP contribution in [0.1, 0.15) is 21.7 Å². The summed E-state index contributed by atoms with van der Waals surface area (Å²) in [5.74, 6) is 0.179. The number of anilines is 1. The van der Waals surface area contributed by atoms with E-state index in [0.29, 0.717) is 27.8 Å². The summed E-state index contributed by atoms with van der Waals surface area (Å²) in [4.78, 5) is 34.5. The number of nitrogens with one attached hydrogen (secondary N) is 2. The van der Waals surface area contributed by atoms with E-state index >= 15 is 0 Å². The second kappa shape index (κ2) is 8.91. The Balaban J connectivity index is 1.44. The van der Waals surface area contributed by atoms with Gasteiger partial charge in [0.2, 0.25) is 5.76 Å². The summed E-state index contributed by atoms with van der Waals surface area (Å²) in [7, 11) is 0. The van der Waals surface area contributed by atoms with Crippen LogP contribution in [0.2, 0.25) is 0 Å². The molecule has 2 heterocycles. The number of hydrogen-bond donors (Lipinski definition) is 2. The molecule has 6 aromatic rings. The molecule has 2 N–H and O–H groups in total. The number of hydrogen-bond acceptors (Lipinski definition) is 4. The molecule has 4 aromatic carbocycles. The number of fused-ring (bicyclic) bond motifs is 2. The SMILES string of the molecule is Cc1ccc(-c2c(C(=O)Nc3cc(-c4nc5ccccc5[nH]4)ccc3C)oc(=O)c3ccccc23)cc1. The van der Waals surface area contributed by atoms with E-state index in [1.165, 1.54) is 0 Å². The molecule has 180 valence electrons. The molecule has 0 aliphatic rings. The molecule has 0 unspecified atom stereocenters. The molecule has 37 heavy (non-hydrogen) atoms. The number of aryl methyl sites for hydroxylation is 2. The quantitative estimate of drug-likeness (QED) is 0.285. The number of imidazole rings is 1. The highest BCUT2D eigenvalue weighted by atomic mass is 16.4. The first-order chi connectivity index (χ1) is 18.0. The summed E-state index contributed by atoms with van der Waals surface area (Å²) in [6.45, 7) is 3.91. The number of aromatic nitrogens is 2. The highest BCUT2D eigenvalue weighted by Crippen LogP contribution is 2.32. The largest absolute Gasteiger partial charge is 0.416 e. The molecule has 0 aliphatic heterocycles. The van der Waals surface area contributed by atoms with E-state index in [0.717, 1.165) is 33.3 Å². The molecule has 0 aliphatic carbocycles. The van der Waals surface area contributed by atoms with Gasteiger partial charge in [-0.1, -0.05) is 72.3 Å². The van der Waals surface area contributed by atoms with Crippen molar-refractivity contribution in [2.75, 3.05) is 5.32 Å². The Kier molecular flexibility index (Phi) is 5.42. The molecule has 0 radical (unpaired) electrons. The number of benzene rings is 4. The lowest BCUT2D eigenvalue weighted by Gasteiger charge is -2.14. The van der Waals surface area contributed by atoms with Gasteiger partial charge in [0.25, 0.3) is 5.91 Å². The number of rotatable bonds is 4. The van der Waals surface area contributed by atoms with Crippen molar-refractivity contribution in [3.8, 4) is 22.5 Å². The summed E-state index contributed by atoms with van der Waals surface area (Å²) < 4.78 is 5.65. The molecule has 6 nitrogen and oxygen atoms in total. The maximum atomic E-state index is 13.6. The van der Waals surface area contributed by atoms with Crippen LogP contribution in [0.5, 0.6) is 0 Å². The Labute approximate surface area is 212 Å². The first-order valence-corrected chi connectivity index (χ1v) is 12.0. The third-order valence-corrected chi connectivity index (χ3v) is 6.53. The zero-order chi connectivity index (χ0) is 25.5. The number of H-pyrrole nitrogens is 1. The van der Waals surface area contributed by atoms with Crippen LogP contribution in [-0.2, 0) is 0 Å². The number of para-hydroxylation sites is 2. The third kappa shape index (κ3) is 4.08. The van der Waals surface area contributed by atoms with Gasteiger partial charge in [0.05, 0.1) is 16.4 Å². The van der Waals surface area contributed by atoms with Crippen LogP contribution in [0.4, 0.5) is 5.69 Å². The van der Waals surface area contributed by atoms with Crippen molar-refractivity contribution >= 4 is 33.4 Å². The number of carbonyl (C=O) groups excluding carboxylic acids is 1. The average molecular weight is 486 g/mol. The lowest BCUT2D eigenvalue weighted by atomic mass is 9.97. The molecule has 0 fully saturated rings. The molecule has 2 aromatic heterocycles. The fourth-order valence-corrected chi connectivity index (χ4v) is 4.54. The Morgan fingerprint density at radius 2 is 1.54 bits per heavy atom. The van der Waals surface area contributed by atoms with E-state index in [4.69, 9.17) is 4.42 Å². The van der Waals surface area contributed by atoms with Crippen LogP contribution in [0.3, 0.4) is 0 Å². The Morgan fingerprint density at radius 1 is 0.838 bits per heavy atom. The summed E-state index contributed by atoms with van der Waals surface area (Å²) in [6, 6.07) is 28.5. The number of nitrogens with zero attached hydrogens (tertiary/aromatic N) is 1. The van der Waals surface area contributed by atoms with Gasteiger partial charge in [0, 0.05) is 22.2 Å². The van der Waals surface area contributed by atoms with Gasteiger partial charge >= 0.3 is 5.63 Å². The fraction of sp³-hybridized carbons (Fsp3) is 0.0645. The standard InChI is InChI=1S/C31H23N3O3/c1-18-11-14-20(15-12-18)27-22-7-3-4-8-23(22)31(36)37-28(27)30(35)34-26-17-21(16-13-19(26)2)29-32-24-9-5-6-10-25(24)33-29/h3-17H,1-2H3,(H,32,33)(H,34,35). The number of amides is 1. The molecule has 6 rings (SSSR count). The highest BCUT2D eigenvalue weighted by Gasteiger charge is 2.22. The van der Waals surface area contributed by atoms with Gasteiger partial charge in [-0.25, -0.2) is 9.78 Å². The van der Waals surface area contributed by atoms with E-state index in [9.17, 15) is 9.59 Å². The zero-order valence-electron chi connectivity index (χ0n) is 20.3. The lowest BCUT2D eigenvalue weighted by Crippen LogP contribution is -2.17. The van der Waals surface area contributed by atoms with Gasteiger partial charge in [-0.2, -0.15) is 0 Å². The Morgan fingerprint density at radius 3 is 2.32 bits per heavy atom. The van der Waals surface area contributed by atoms with Gasteiger partial charge in [0.1, 0.15) is 5.82 Å². The normalized spacial score (nSPS) is 11.2. The van der Waals surface area contributed by atoms with Crippen molar-refractivity contribution < 1.29 is 9.21 Å². The summed E-state index contributed by atoms with van der Waals surface area (Å²) in [5.41, 5.74) is 6.02. The summed E-state index contributed by atoms with van der Waals surface area (Å²) in [5, 5.41) is 4.07. The van der Waals surface area contributed by atoms with Crippen molar-refractivity contribution in [3.63, 3.8) is 0 Å². The minimum absolute atomic E-state index is 0.0268. The van der Waals surface area contributed by atoms with Crippen molar-refractivity contribution in [1.82, 2.24) is 9.97 Å². The predicted octanol–water partition coefficient (Wildman–Crippen LogP) is 6.87. The molecular weight excluding hydrogens is 462 g/mol. The second-order valence-corrected chi connectivity index (χ2v) is 9.09. The van der Waals surface area contributed by atoms with Crippen LogP contribution in [0.15, 0.2) is 100 Å². The van der Waals surface area contributed by atoms with E-state index in [1.807, 2.05) is 92.7 Å². The van der Waals surface area contributed by atoms with Gasteiger partial charge in [0.15, 0.2) is 0 Å². The summed E-state index contributed by atoms with van der Waals surface area (Å²) in [6.07, 6.45) is 0. The van der Waals surface area contributed by atoms with E-state index in [1.54, 1.807) is 12.1 Å². The monoisotopic (exact) mass is 485 g/mol. The smallest absolute Gasteiger partial charge is 0.344 e. The maximum Gasteiger partial charge on any atom is 0.344 e. The minimum atomic E-state index is -0.552. The Hall–Kier alpha value is -4.97. The van der Waals surface area contributed by atoms with Crippen molar-refractivity contribution in [1.29, 1.82) is 0 Å². The topological polar surface area (TPSA) is 88.0 Å². The maximum absolute atomic E-state index is 13.6. The van der Waals surface area contributed by atoms with Crippen LogP contribution in [0, 0.1) is 13.8 Å². The first kappa shape index (κ1) is 22.5. The van der Waals surface area contributed by atoms with Crippen molar-refractivity contribution in [3.05, 3.63) is 118 Å². The first-order valence-electron chi connectivity index (χ1n) is 12.0. The van der Waals surface area contributed by atoms with Crippen LogP contribution in [0.25, 0.3) is 44.3 Å². The molecule has 0 saturated carbocycles. The molecule has 0 saturated heterocycles. The van der Waals surface area contributed by atoms with Crippen molar-refractivity contribution in [2.24, 2.45) is 0 Å². The molecular formula is C31H23N3O3. The average Bonchev–Trinajstić information content (AvgIpc) is 3.35. The van der Waals surface area contributed by atoms with Crippen LogP contribution in [-0.4, -0.2) is 15.9 Å². The van der Waals surface area contributed by atoms with E-state index in [2.05, 4.69) is 15.3 Å². The number of aromatic amines is 1. The lowest BCUT2D eigenvalue weighted by molar-refractivity contribution is 0.0994. The molecule has 0 atom stereocenters. The summed E-state index contributed by atoms with van der Waals surface area (Å²) >= 11 is 0. The molecule has 1 amide bonds. The Bertz CT molecular complexity index is 1830. The zero-order valence-corrected chi connectivity index (χ0v) is 20.3. The molecule has 6 heteroatoms. The molecule has 0 spiro atoms. The van der Waals surface area contributed by atoms with E-state index in [-0.39, 0.29) is 5.76 Å². The number of carbonyl (C=O) groups is 1. The van der Waals surface area contributed by atoms with Gasteiger partial charge in [-0.3, -0.25) is 4.79 Å². The van der Waals surface area contributed by atoms with E-state index < -0.39 is 11.5 Å².